The Morgan fingerprint density at radius 2 is 1.32 bits per heavy atom. The molecule has 1 heterocycles. The summed E-state index contributed by atoms with van der Waals surface area (Å²) < 4.78 is 4.67. The number of imide groups is 1. The lowest BCUT2D eigenvalue weighted by molar-refractivity contribution is -0.120. The minimum Gasteiger partial charge on any atom is -0.465 e. The van der Waals surface area contributed by atoms with Gasteiger partial charge in [-0.1, -0.05) is 35.9 Å². The van der Waals surface area contributed by atoms with Gasteiger partial charge >= 0.3 is 5.97 Å². The number of para-hydroxylation sites is 1. The van der Waals surface area contributed by atoms with Crippen molar-refractivity contribution in [3.63, 3.8) is 0 Å². The zero-order chi connectivity index (χ0) is 28.9. The molecule has 0 spiro atoms. The second kappa shape index (κ2) is 11.8. The van der Waals surface area contributed by atoms with E-state index in [9.17, 15) is 19.2 Å². The molecule has 0 saturated heterocycles. The summed E-state index contributed by atoms with van der Waals surface area (Å²) in [5, 5.41) is 8.70. The summed E-state index contributed by atoms with van der Waals surface area (Å²) in [6.07, 6.45) is 0. The molecule has 0 bridgehead atoms. The number of rotatable bonds is 8. The Bertz CT molecular complexity index is 1670. The van der Waals surface area contributed by atoms with Gasteiger partial charge in [-0.2, -0.15) is 0 Å². The highest BCUT2D eigenvalue weighted by atomic mass is 35.5. The Kier molecular flexibility index (Phi) is 7.80. The number of halogens is 1. The van der Waals surface area contributed by atoms with E-state index >= 15 is 0 Å². The molecule has 10 heteroatoms. The number of carbonyl (C=O) groups excluding carboxylic acids is 4. The Morgan fingerprint density at radius 3 is 2.00 bits per heavy atom. The maximum absolute atomic E-state index is 13.1. The van der Waals surface area contributed by atoms with Crippen molar-refractivity contribution in [2.24, 2.45) is 0 Å². The fourth-order valence-electron chi connectivity index (χ4n) is 4.12. The van der Waals surface area contributed by atoms with Gasteiger partial charge in [0.1, 0.15) is 10.7 Å². The molecule has 41 heavy (non-hydrogen) atoms. The zero-order valence-corrected chi connectivity index (χ0v) is 22.4. The molecule has 0 fully saturated rings. The number of nitrogens with one attached hydrogen (secondary N) is 3. The van der Waals surface area contributed by atoms with Gasteiger partial charge in [0.25, 0.3) is 17.7 Å². The number of hydrogen-bond acceptors (Lipinski definition) is 7. The molecule has 0 unspecified atom stereocenters. The second-order valence-corrected chi connectivity index (χ2v) is 9.28. The van der Waals surface area contributed by atoms with Crippen LogP contribution in [0.4, 0.5) is 28.4 Å². The number of amides is 3. The van der Waals surface area contributed by atoms with Crippen molar-refractivity contribution in [3.05, 3.63) is 125 Å². The summed E-state index contributed by atoms with van der Waals surface area (Å²) >= 11 is 6.24. The number of anilines is 5. The molecule has 5 rings (SSSR count). The molecular weight excluding hydrogens is 544 g/mol. The summed E-state index contributed by atoms with van der Waals surface area (Å²) in [5.74, 6) is -2.30. The van der Waals surface area contributed by atoms with Crippen molar-refractivity contribution in [2.45, 2.75) is 0 Å². The Labute approximate surface area is 240 Å². The van der Waals surface area contributed by atoms with Gasteiger partial charge in [0.2, 0.25) is 0 Å². The van der Waals surface area contributed by atoms with Crippen LogP contribution in [-0.2, 0) is 14.3 Å². The van der Waals surface area contributed by atoms with Gasteiger partial charge in [0.05, 0.1) is 18.4 Å². The van der Waals surface area contributed by atoms with Crippen molar-refractivity contribution in [1.29, 1.82) is 0 Å². The normalized spacial score (nSPS) is 12.8. The number of carbonyl (C=O) groups is 4. The predicted molar refractivity (Wildman–Crippen MR) is 157 cm³/mol. The first kappa shape index (κ1) is 27.2. The molecule has 4 aromatic rings. The van der Waals surface area contributed by atoms with Crippen LogP contribution in [-0.4, -0.2) is 30.8 Å². The SMILES string of the molecule is COC(=O)c1ccc(N2C(=O)C(Cl)=C(Nc3cccc(C(=O)Nc4ccc(Nc5ccccc5)cc4)c3)C2=O)cc1. The highest BCUT2D eigenvalue weighted by Gasteiger charge is 2.39. The maximum Gasteiger partial charge on any atom is 0.337 e. The first-order chi connectivity index (χ1) is 19.8. The quantitative estimate of drug-likeness (QED) is 0.179. The molecule has 204 valence electrons. The minimum atomic E-state index is -0.718. The molecule has 0 aliphatic carbocycles. The van der Waals surface area contributed by atoms with E-state index in [0.717, 1.165) is 16.3 Å². The van der Waals surface area contributed by atoms with Crippen molar-refractivity contribution < 1.29 is 23.9 Å². The third-order valence-corrected chi connectivity index (χ3v) is 6.52. The van der Waals surface area contributed by atoms with E-state index in [1.165, 1.54) is 31.4 Å². The van der Waals surface area contributed by atoms with Gasteiger partial charge in [0, 0.05) is 28.3 Å². The Morgan fingerprint density at radius 1 is 0.683 bits per heavy atom. The molecule has 1 aliphatic heterocycles. The van der Waals surface area contributed by atoms with Crippen LogP contribution in [0, 0.1) is 0 Å². The first-order valence-corrected chi connectivity index (χ1v) is 12.8. The smallest absolute Gasteiger partial charge is 0.337 e. The lowest BCUT2D eigenvalue weighted by atomic mass is 10.1. The van der Waals surface area contributed by atoms with Gasteiger partial charge in [0.15, 0.2) is 0 Å². The molecule has 0 aromatic heterocycles. The van der Waals surface area contributed by atoms with E-state index in [1.807, 2.05) is 42.5 Å². The highest BCUT2D eigenvalue weighted by Crippen LogP contribution is 2.30. The number of methoxy groups -OCH3 is 1. The molecular formula is C31H23ClN4O5. The second-order valence-electron chi connectivity index (χ2n) is 8.90. The number of ether oxygens (including phenoxy) is 1. The van der Waals surface area contributed by atoms with Crippen LogP contribution in [0.25, 0.3) is 0 Å². The summed E-state index contributed by atoms with van der Waals surface area (Å²) in [6, 6.07) is 29.2. The molecule has 3 N–H and O–H groups in total. The summed E-state index contributed by atoms with van der Waals surface area (Å²) in [4.78, 5) is 51.5. The summed E-state index contributed by atoms with van der Waals surface area (Å²) in [7, 11) is 1.26. The average molecular weight is 567 g/mol. The monoisotopic (exact) mass is 566 g/mol. The molecule has 9 nitrogen and oxygen atoms in total. The van der Waals surface area contributed by atoms with Crippen LogP contribution < -0.4 is 20.9 Å². The number of benzene rings is 4. The van der Waals surface area contributed by atoms with Crippen LogP contribution in [0.3, 0.4) is 0 Å². The number of nitrogens with zero attached hydrogens (tertiary/aromatic N) is 1. The van der Waals surface area contributed by atoms with Crippen molar-refractivity contribution in [1.82, 2.24) is 0 Å². The fourth-order valence-corrected chi connectivity index (χ4v) is 4.33. The molecule has 0 atom stereocenters. The van der Waals surface area contributed by atoms with E-state index < -0.39 is 17.8 Å². The third kappa shape index (κ3) is 5.95. The first-order valence-electron chi connectivity index (χ1n) is 12.4. The Balaban J connectivity index is 1.26. The van der Waals surface area contributed by atoms with Crippen LogP contribution in [0.15, 0.2) is 114 Å². The van der Waals surface area contributed by atoms with E-state index in [1.54, 1.807) is 36.4 Å². The standard InChI is InChI=1S/C31H23ClN4O5/c1-41-31(40)19-10-16-25(17-11-19)36-29(38)26(32)27(30(36)39)34-24-9-5-6-20(18-24)28(37)35-23-14-12-22(13-15-23)33-21-7-3-2-4-8-21/h2-18,33-34H,1H3,(H,35,37). The largest absolute Gasteiger partial charge is 0.465 e. The summed E-state index contributed by atoms with van der Waals surface area (Å²) in [6.45, 7) is 0. The van der Waals surface area contributed by atoms with Crippen LogP contribution in [0.1, 0.15) is 20.7 Å². The molecule has 4 aromatic carbocycles. The van der Waals surface area contributed by atoms with E-state index in [0.29, 0.717) is 16.9 Å². The van der Waals surface area contributed by atoms with Gasteiger partial charge in [-0.15, -0.1) is 0 Å². The van der Waals surface area contributed by atoms with Gasteiger partial charge in [-0.25, -0.2) is 9.69 Å². The lowest BCUT2D eigenvalue weighted by Gasteiger charge is -2.15. The topological polar surface area (TPSA) is 117 Å². The average Bonchev–Trinajstić information content (AvgIpc) is 3.21. The molecule has 3 amide bonds. The molecule has 0 saturated carbocycles. The minimum absolute atomic E-state index is 0.132. The predicted octanol–water partition coefficient (Wildman–Crippen LogP) is 5.90. The zero-order valence-electron chi connectivity index (χ0n) is 21.7. The van der Waals surface area contributed by atoms with Gasteiger partial charge in [-0.3, -0.25) is 14.4 Å². The number of hydrogen-bond donors (Lipinski definition) is 3. The van der Waals surface area contributed by atoms with Crippen LogP contribution in [0.2, 0.25) is 0 Å². The number of esters is 1. The maximum atomic E-state index is 13.1. The fraction of sp³-hybridized carbons (Fsp3) is 0.0323. The highest BCUT2D eigenvalue weighted by molar-refractivity contribution is 6.53. The Hall–Kier alpha value is -5.41. The van der Waals surface area contributed by atoms with Crippen LogP contribution >= 0.6 is 11.6 Å². The van der Waals surface area contributed by atoms with E-state index in [-0.39, 0.29) is 27.9 Å². The van der Waals surface area contributed by atoms with Gasteiger partial charge in [-0.05, 0) is 78.9 Å². The van der Waals surface area contributed by atoms with E-state index in [2.05, 4.69) is 20.7 Å². The lowest BCUT2D eigenvalue weighted by Crippen LogP contribution is -2.32. The van der Waals surface area contributed by atoms with Crippen LogP contribution in [0.5, 0.6) is 0 Å². The van der Waals surface area contributed by atoms with Crippen molar-refractivity contribution in [3.8, 4) is 0 Å². The third-order valence-electron chi connectivity index (χ3n) is 6.17. The van der Waals surface area contributed by atoms with Crippen molar-refractivity contribution in [2.75, 3.05) is 28.0 Å². The van der Waals surface area contributed by atoms with Gasteiger partial charge < -0.3 is 20.7 Å². The molecule has 0 radical (unpaired) electrons. The van der Waals surface area contributed by atoms with Crippen molar-refractivity contribution >= 4 is 63.7 Å². The van der Waals surface area contributed by atoms with E-state index in [4.69, 9.17) is 11.6 Å². The summed E-state index contributed by atoms with van der Waals surface area (Å²) in [5.41, 5.74) is 3.50. The molecule has 1 aliphatic rings.